The van der Waals surface area contributed by atoms with E-state index in [1.807, 2.05) is 0 Å². The molecular weight excluding hydrogens is 180 g/mol. The average molecular weight is 193 g/mol. The number of carbonyl (C=O) groups excluding carboxylic acids is 1. The van der Waals surface area contributed by atoms with Gasteiger partial charge in [0.25, 0.3) is 0 Å². The van der Waals surface area contributed by atoms with Crippen molar-refractivity contribution in [3.05, 3.63) is 0 Å². The Morgan fingerprint density at radius 2 is 2.00 bits per heavy atom. The number of alkyl halides is 1. The van der Waals surface area contributed by atoms with E-state index < -0.39 is 6.16 Å². The second-order valence-corrected chi connectivity index (χ2v) is 3.18. The van der Waals surface area contributed by atoms with Crippen molar-refractivity contribution in [1.29, 1.82) is 0 Å². The molecule has 70 valence electrons. The normalized spacial score (nSPS) is 17.8. The Morgan fingerprint density at radius 3 is 2.58 bits per heavy atom. The van der Waals surface area contributed by atoms with Gasteiger partial charge in [0.05, 0.1) is 6.61 Å². The van der Waals surface area contributed by atoms with Crippen molar-refractivity contribution in [3.63, 3.8) is 0 Å². The van der Waals surface area contributed by atoms with Crippen molar-refractivity contribution in [2.24, 2.45) is 5.92 Å². The van der Waals surface area contributed by atoms with E-state index >= 15 is 0 Å². The molecule has 0 heterocycles. The lowest BCUT2D eigenvalue weighted by Crippen LogP contribution is -2.12. The van der Waals surface area contributed by atoms with E-state index in [0.29, 0.717) is 12.5 Å². The highest BCUT2D eigenvalue weighted by atomic mass is 35.5. The lowest BCUT2D eigenvalue weighted by Gasteiger charge is -2.08. The van der Waals surface area contributed by atoms with E-state index in [2.05, 4.69) is 4.74 Å². The molecule has 0 saturated heterocycles. The maximum atomic E-state index is 10.7. The molecule has 1 aliphatic carbocycles. The minimum atomic E-state index is -0.656. The minimum Gasteiger partial charge on any atom is -0.434 e. The summed E-state index contributed by atoms with van der Waals surface area (Å²) in [6.07, 6.45) is 4.16. The van der Waals surface area contributed by atoms with Crippen LogP contribution < -0.4 is 0 Å². The molecule has 0 spiro atoms. The van der Waals surface area contributed by atoms with Gasteiger partial charge in [0, 0.05) is 0 Å². The first kappa shape index (κ1) is 9.65. The van der Waals surface area contributed by atoms with E-state index in [1.165, 1.54) is 12.8 Å². The van der Waals surface area contributed by atoms with E-state index in [4.69, 9.17) is 16.3 Å². The molecule has 1 aliphatic rings. The van der Waals surface area contributed by atoms with E-state index in [1.54, 1.807) is 0 Å². The van der Waals surface area contributed by atoms with Crippen LogP contribution in [0.4, 0.5) is 4.79 Å². The Morgan fingerprint density at radius 1 is 1.33 bits per heavy atom. The Kier molecular flexibility index (Phi) is 4.22. The first-order valence-corrected chi connectivity index (χ1v) is 4.72. The van der Waals surface area contributed by atoms with Crippen LogP contribution in [-0.2, 0) is 9.47 Å². The molecule has 0 radical (unpaired) electrons. The standard InChI is InChI=1S/C8H13ClO3/c9-6-12-8(10)11-5-7-3-1-2-4-7/h7H,1-6H2. The molecule has 1 saturated carbocycles. The van der Waals surface area contributed by atoms with E-state index in [0.717, 1.165) is 12.8 Å². The topological polar surface area (TPSA) is 35.5 Å². The van der Waals surface area contributed by atoms with Crippen LogP contribution in [0.15, 0.2) is 0 Å². The molecule has 4 heteroatoms. The summed E-state index contributed by atoms with van der Waals surface area (Å²) < 4.78 is 9.23. The fourth-order valence-electron chi connectivity index (χ4n) is 1.45. The van der Waals surface area contributed by atoms with Crippen LogP contribution in [0.1, 0.15) is 25.7 Å². The molecule has 3 nitrogen and oxygen atoms in total. The lowest BCUT2D eigenvalue weighted by molar-refractivity contribution is 0.0562. The zero-order valence-electron chi connectivity index (χ0n) is 6.92. The smallest absolute Gasteiger partial charge is 0.434 e. The average Bonchev–Trinajstić information content (AvgIpc) is 2.53. The summed E-state index contributed by atoms with van der Waals surface area (Å²) >= 11 is 5.17. The van der Waals surface area contributed by atoms with Crippen molar-refractivity contribution >= 4 is 17.8 Å². The summed E-state index contributed by atoms with van der Waals surface area (Å²) in [5.41, 5.74) is 0. The number of ether oxygens (including phenoxy) is 2. The van der Waals surface area contributed by atoms with Gasteiger partial charge in [0.15, 0.2) is 6.07 Å². The lowest BCUT2D eigenvalue weighted by atomic mass is 10.1. The van der Waals surface area contributed by atoms with Gasteiger partial charge in [-0.1, -0.05) is 24.4 Å². The highest BCUT2D eigenvalue weighted by molar-refractivity contribution is 6.17. The third-order valence-electron chi connectivity index (χ3n) is 2.08. The van der Waals surface area contributed by atoms with Crippen molar-refractivity contribution in [2.75, 3.05) is 12.7 Å². The van der Waals surface area contributed by atoms with Gasteiger partial charge in [0.2, 0.25) is 0 Å². The van der Waals surface area contributed by atoms with Crippen molar-refractivity contribution in [1.82, 2.24) is 0 Å². The Balaban J connectivity index is 2.03. The first-order chi connectivity index (χ1) is 5.83. The Hall–Kier alpha value is -0.440. The fourth-order valence-corrected chi connectivity index (χ4v) is 1.54. The summed E-state index contributed by atoms with van der Waals surface area (Å²) in [5.74, 6) is 0.535. The summed E-state index contributed by atoms with van der Waals surface area (Å²) in [4.78, 5) is 10.7. The summed E-state index contributed by atoms with van der Waals surface area (Å²) in [6, 6.07) is -0.135. The maximum Gasteiger partial charge on any atom is 0.509 e. The molecule has 0 aromatic rings. The molecule has 0 N–H and O–H groups in total. The molecule has 0 aromatic carbocycles. The predicted octanol–water partition coefficient (Wildman–Crippen LogP) is 2.53. The minimum absolute atomic E-state index is 0.135. The Bertz CT molecular complexity index is 143. The second kappa shape index (κ2) is 5.25. The molecule has 0 aromatic heterocycles. The van der Waals surface area contributed by atoms with E-state index in [-0.39, 0.29) is 6.07 Å². The van der Waals surface area contributed by atoms with Gasteiger partial charge in [-0.15, -0.1) is 0 Å². The largest absolute Gasteiger partial charge is 0.509 e. The maximum absolute atomic E-state index is 10.7. The van der Waals surface area contributed by atoms with Crippen LogP contribution in [0.3, 0.4) is 0 Å². The van der Waals surface area contributed by atoms with Crippen molar-refractivity contribution in [2.45, 2.75) is 25.7 Å². The highest BCUT2D eigenvalue weighted by Gasteiger charge is 2.16. The van der Waals surface area contributed by atoms with Gasteiger partial charge in [-0.2, -0.15) is 0 Å². The van der Waals surface area contributed by atoms with Gasteiger partial charge in [-0.05, 0) is 18.8 Å². The third kappa shape index (κ3) is 3.30. The van der Waals surface area contributed by atoms with Crippen LogP contribution in [0.5, 0.6) is 0 Å². The molecule has 12 heavy (non-hydrogen) atoms. The van der Waals surface area contributed by atoms with Crippen LogP contribution >= 0.6 is 11.6 Å². The van der Waals surface area contributed by atoms with Gasteiger partial charge in [-0.25, -0.2) is 4.79 Å². The molecule has 0 unspecified atom stereocenters. The number of hydrogen-bond acceptors (Lipinski definition) is 3. The van der Waals surface area contributed by atoms with Crippen LogP contribution in [-0.4, -0.2) is 18.8 Å². The summed E-state index contributed by atoms with van der Waals surface area (Å²) in [7, 11) is 0. The van der Waals surface area contributed by atoms with E-state index in [9.17, 15) is 4.79 Å². The summed E-state index contributed by atoms with van der Waals surface area (Å²) in [6.45, 7) is 0.482. The van der Waals surface area contributed by atoms with Gasteiger partial charge < -0.3 is 9.47 Å². The predicted molar refractivity (Wildman–Crippen MR) is 45.1 cm³/mol. The highest BCUT2D eigenvalue weighted by Crippen LogP contribution is 2.24. The molecule has 1 rings (SSSR count). The first-order valence-electron chi connectivity index (χ1n) is 4.18. The molecule has 0 aliphatic heterocycles. The monoisotopic (exact) mass is 192 g/mol. The quantitative estimate of drug-likeness (QED) is 0.509. The Labute approximate surface area is 77.0 Å². The number of carbonyl (C=O) groups is 1. The summed E-state index contributed by atoms with van der Waals surface area (Å²) in [5, 5.41) is 0. The van der Waals surface area contributed by atoms with Crippen LogP contribution in [0.25, 0.3) is 0 Å². The second-order valence-electron chi connectivity index (χ2n) is 2.96. The zero-order chi connectivity index (χ0) is 8.81. The van der Waals surface area contributed by atoms with Gasteiger partial charge >= 0.3 is 6.16 Å². The van der Waals surface area contributed by atoms with Crippen LogP contribution in [0, 0.1) is 5.92 Å². The number of hydrogen-bond donors (Lipinski definition) is 0. The van der Waals surface area contributed by atoms with Crippen molar-refractivity contribution < 1.29 is 14.3 Å². The van der Waals surface area contributed by atoms with Crippen LogP contribution in [0.2, 0.25) is 0 Å². The zero-order valence-corrected chi connectivity index (χ0v) is 7.68. The molecule has 0 atom stereocenters. The molecule has 0 bridgehead atoms. The van der Waals surface area contributed by atoms with Crippen molar-refractivity contribution in [3.8, 4) is 0 Å². The third-order valence-corrected chi connectivity index (χ3v) is 2.19. The number of rotatable bonds is 3. The number of halogens is 1. The SMILES string of the molecule is O=C(OCCl)OCC1CCCC1. The molecular formula is C8H13ClO3. The van der Waals surface area contributed by atoms with Gasteiger partial charge in [0.1, 0.15) is 0 Å². The molecule has 1 fully saturated rings. The van der Waals surface area contributed by atoms with Gasteiger partial charge in [-0.3, -0.25) is 0 Å². The molecule has 0 amide bonds. The fraction of sp³-hybridized carbons (Fsp3) is 0.875.